The van der Waals surface area contributed by atoms with Crippen molar-refractivity contribution >= 4 is 23.4 Å². The Hall–Kier alpha value is -2.45. The molecule has 4 rings (SSSR count). The molecule has 3 heterocycles. The van der Waals surface area contributed by atoms with E-state index < -0.39 is 0 Å². The summed E-state index contributed by atoms with van der Waals surface area (Å²) in [6.07, 6.45) is 3.50. The lowest BCUT2D eigenvalue weighted by Crippen LogP contribution is -2.46. The molecule has 8 nitrogen and oxygen atoms in total. The second-order valence-electron chi connectivity index (χ2n) is 8.92. The molecule has 0 bridgehead atoms. The minimum absolute atomic E-state index is 0.00877. The van der Waals surface area contributed by atoms with Gasteiger partial charge in [-0.1, -0.05) is 12.1 Å². The van der Waals surface area contributed by atoms with Gasteiger partial charge in [0.25, 0.3) is 0 Å². The number of carbonyl (C=O) groups is 3. The maximum atomic E-state index is 12.7. The van der Waals surface area contributed by atoms with E-state index >= 15 is 0 Å². The van der Waals surface area contributed by atoms with Crippen LogP contribution in [0.15, 0.2) is 24.3 Å². The second-order valence-corrected chi connectivity index (χ2v) is 8.92. The van der Waals surface area contributed by atoms with Crippen molar-refractivity contribution in [2.75, 3.05) is 57.4 Å². The van der Waals surface area contributed by atoms with Crippen LogP contribution >= 0.6 is 0 Å². The van der Waals surface area contributed by atoms with E-state index in [1.807, 2.05) is 34.1 Å². The predicted molar refractivity (Wildman–Crippen MR) is 121 cm³/mol. The van der Waals surface area contributed by atoms with Gasteiger partial charge in [0.1, 0.15) is 0 Å². The molecular weight excluding hydrogens is 408 g/mol. The molecule has 3 aliphatic rings. The zero-order valence-electron chi connectivity index (χ0n) is 18.8. The fourth-order valence-electron chi connectivity index (χ4n) is 4.70. The number of nitrogens with one attached hydrogen (secondary N) is 1. The van der Waals surface area contributed by atoms with Crippen LogP contribution in [-0.4, -0.2) is 80.0 Å². The van der Waals surface area contributed by atoms with E-state index in [1.165, 1.54) is 0 Å². The maximum absolute atomic E-state index is 12.7. The molecule has 0 radical (unpaired) electrons. The molecule has 0 spiro atoms. The van der Waals surface area contributed by atoms with Gasteiger partial charge in [-0.2, -0.15) is 0 Å². The average Bonchev–Trinajstić information content (AvgIpc) is 3.25. The first-order valence-corrected chi connectivity index (χ1v) is 11.8. The van der Waals surface area contributed by atoms with Gasteiger partial charge < -0.3 is 19.9 Å². The number of nitrogens with zero attached hydrogens (tertiary/aromatic N) is 3. The minimum atomic E-state index is -0.155. The predicted octanol–water partition coefficient (Wildman–Crippen LogP) is 1.39. The number of anilines is 1. The van der Waals surface area contributed by atoms with Crippen LogP contribution in [0.25, 0.3) is 0 Å². The molecule has 1 N–H and O–H groups in total. The lowest BCUT2D eigenvalue weighted by atomic mass is 9.96. The first-order chi connectivity index (χ1) is 15.6. The lowest BCUT2D eigenvalue weighted by molar-refractivity contribution is -0.138. The minimum Gasteiger partial charge on any atom is -0.379 e. The number of ether oxygens (including phenoxy) is 1. The van der Waals surface area contributed by atoms with Crippen molar-refractivity contribution < 1.29 is 19.1 Å². The average molecular weight is 443 g/mol. The molecule has 1 aromatic rings. The molecule has 1 aromatic carbocycles. The van der Waals surface area contributed by atoms with Gasteiger partial charge in [0, 0.05) is 64.3 Å². The van der Waals surface area contributed by atoms with Crippen molar-refractivity contribution in [1.29, 1.82) is 0 Å². The fraction of sp³-hybridized carbons (Fsp3) is 0.625. The molecule has 174 valence electrons. The number of benzene rings is 1. The quantitative estimate of drug-likeness (QED) is 0.658. The topological polar surface area (TPSA) is 82.2 Å². The first-order valence-electron chi connectivity index (χ1n) is 11.8. The molecular formula is C24H34N4O4. The SMILES string of the molecule is O=C(NCc1ccc(N2CCCC2=O)cc1)[C@H]1CCC(=O)N(CCCN2CCOCC2)C1. The molecule has 1 atom stereocenters. The summed E-state index contributed by atoms with van der Waals surface area (Å²) in [6.45, 7) is 6.87. The van der Waals surface area contributed by atoms with Crippen LogP contribution < -0.4 is 10.2 Å². The summed E-state index contributed by atoms with van der Waals surface area (Å²) in [5.41, 5.74) is 1.92. The Labute approximate surface area is 189 Å². The number of likely N-dealkylation sites (tertiary alicyclic amines) is 1. The summed E-state index contributed by atoms with van der Waals surface area (Å²) in [5, 5.41) is 3.03. The van der Waals surface area contributed by atoms with E-state index in [-0.39, 0.29) is 23.6 Å². The Balaban J connectivity index is 1.21. The molecule has 3 fully saturated rings. The van der Waals surface area contributed by atoms with Gasteiger partial charge in [-0.25, -0.2) is 0 Å². The third-order valence-corrected chi connectivity index (χ3v) is 6.67. The van der Waals surface area contributed by atoms with Gasteiger partial charge in [-0.15, -0.1) is 0 Å². The molecule has 0 unspecified atom stereocenters. The monoisotopic (exact) mass is 442 g/mol. The maximum Gasteiger partial charge on any atom is 0.227 e. The third kappa shape index (κ3) is 5.86. The number of amides is 3. The second kappa shape index (κ2) is 10.9. The van der Waals surface area contributed by atoms with Gasteiger partial charge in [0.2, 0.25) is 17.7 Å². The number of morpholine rings is 1. The van der Waals surface area contributed by atoms with E-state index in [2.05, 4.69) is 10.2 Å². The molecule has 3 saturated heterocycles. The largest absolute Gasteiger partial charge is 0.379 e. The van der Waals surface area contributed by atoms with E-state index in [0.717, 1.165) is 63.5 Å². The zero-order valence-corrected chi connectivity index (χ0v) is 18.8. The molecule has 8 heteroatoms. The molecule has 3 amide bonds. The van der Waals surface area contributed by atoms with Crippen LogP contribution in [0.4, 0.5) is 5.69 Å². The van der Waals surface area contributed by atoms with E-state index in [9.17, 15) is 14.4 Å². The van der Waals surface area contributed by atoms with Crippen LogP contribution in [0.2, 0.25) is 0 Å². The van der Waals surface area contributed by atoms with Crippen molar-refractivity contribution in [3.63, 3.8) is 0 Å². The summed E-state index contributed by atoms with van der Waals surface area (Å²) in [6, 6.07) is 7.81. The number of carbonyl (C=O) groups excluding carboxylic acids is 3. The highest BCUT2D eigenvalue weighted by Crippen LogP contribution is 2.22. The lowest BCUT2D eigenvalue weighted by Gasteiger charge is -2.33. The summed E-state index contributed by atoms with van der Waals surface area (Å²) >= 11 is 0. The standard InChI is InChI=1S/C24H34N4O4/c29-22-9-6-20(18-27(22)11-2-10-26-13-15-32-16-14-26)24(31)25-17-19-4-7-21(8-5-19)28-12-1-3-23(28)30/h4-5,7-8,20H,1-3,6,9-18H2,(H,25,31)/t20-/m0/s1. The van der Waals surface area contributed by atoms with Crippen LogP contribution in [0.3, 0.4) is 0 Å². The van der Waals surface area contributed by atoms with Crippen molar-refractivity contribution in [2.24, 2.45) is 5.92 Å². The Bertz CT molecular complexity index is 807. The number of hydrogen-bond donors (Lipinski definition) is 1. The fourth-order valence-corrected chi connectivity index (χ4v) is 4.70. The molecule has 0 aromatic heterocycles. The Morgan fingerprint density at radius 3 is 2.50 bits per heavy atom. The summed E-state index contributed by atoms with van der Waals surface area (Å²) in [5.74, 6) is 0.183. The van der Waals surface area contributed by atoms with Gasteiger partial charge in [0.05, 0.1) is 19.1 Å². The van der Waals surface area contributed by atoms with Crippen molar-refractivity contribution in [3.05, 3.63) is 29.8 Å². The molecule has 0 saturated carbocycles. The normalized spacial score (nSPS) is 22.4. The highest BCUT2D eigenvalue weighted by molar-refractivity contribution is 5.95. The highest BCUT2D eigenvalue weighted by atomic mass is 16.5. The molecule has 3 aliphatic heterocycles. The van der Waals surface area contributed by atoms with Crippen molar-refractivity contribution in [2.45, 2.75) is 38.6 Å². The van der Waals surface area contributed by atoms with Gasteiger partial charge in [0.15, 0.2) is 0 Å². The summed E-state index contributed by atoms with van der Waals surface area (Å²) in [7, 11) is 0. The number of rotatable bonds is 8. The summed E-state index contributed by atoms with van der Waals surface area (Å²) in [4.78, 5) is 43.0. The highest BCUT2D eigenvalue weighted by Gasteiger charge is 2.30. The van der Waals surface area contributed by atoms with Crippen molar-refractivity contribution in [3.8, 4) is 0 Å². The van der Waals surface area contributed by atoms with Crippen molar-refractivity contribution in [1.82, 2.24) is 15.1 Å². The Morgan fingerprint density at radius 1 is 1.00 bits per heavy atom. The van der Waals surface area contributed by atoms with Crippen LogP contribution in [0.5, 0.6) is 0 Å². The van der Waals surface area contributed by atoms with Crippen LogP contribution in [-0.2, 0) is 25.7 Å². The molecule has 0 aliphatic carbocycles. The van der Waals surface area contributed by atoms with Gasteiger partial charge in [-0.05, 0) is 37.0 Å². The van der Waals surface area contributed by atoms with Crippen LogP contribution in [0, 0.1) is 5.92 Å². The van der Waals surface area contributed by atoms with Gasteiger partial charge >= 0.3 is 0 Å². The van der Waals surface area contributed by atoms with E-state index in [1.54, 1.807) is 0 Å². The number of piperidine rings is 1. The smallest absolute Gasteiger partial charge is 0.227 e. The van der Waals surface area contributed by atoms with E-state index in [4.69, 9.17) is 4.74 Å². The Morgan fingerprint density at radius 2 is 1.78 bits per heavy atom. The molecule has 32 heavy (non-hydrogen) atoms. The number of hydrogen-bond acceptors (Lipinski definition) is 5. The van der Waals surface area contributed by atoms with Gasteiger partial charge in [-0.3, -0.25) is 19.3 Å². The zero-order chi connectivity index (χ0) is 22.3. The van der Waals surface area contributed by atoms with Crippen LogP contribution in [0.1, 0.15) is 37.7 Å². The Kier molecular flexibility index (Phi) is 7.76. The third-order valence-electron chi connectivity index (χ3n) is 6.67. The summed E-state index contributed by atoms with van der Waals surface area (Å²) < 4.78 is 5.38. The first kappa shape index (κ1) is 22.7. The van der Waals surface area contributed by atoms with E-state index in [0.29, 0.717) is 38.9 Å².